The number of anilines is 1. The first-order valence-electron chi connectivity index (χ1n) is 7.20. The van der Waals surface area contributed by atoms with Crippen molar-refractivity contribution in [3.05, 3.63) is 28.2 Å². The highest BCUT2D eigenvalue weighted by Crippen LogP contribution is 2.27. The minimum Gasteiger partial charge on any atom is -0.398 e. The Morgan fingerprint density at radius 1 is 1.16 bits per heavy atom. The number of hydrazine groups is 1. The lowest BCUT2D eigenvalue weighted by atomic mass is 9.99. The van der Waals surface area contributed by atoms with Gasteiger partial charge in [-0.15, -0.1) is 0 Å². The van der Waals surface area contributed by atoms with Gasteiger partial charge >= 0.3 is 0 Å². The first-order valence-corrected chi connectivity index (χ1v) is 7.99. The van der Waals surface area contributed by atoms with E-state index in [1.807, 2.05) is 12.1 Å². The standard InChI is InChI=1S/C15H26BrN3/c1-2-3-4-5-6-7-8-15(19-18)13-11-12(16)9-10-14(13)17/h9-11,15,19H,2-8,17-18H2,1H3. The quantitative estimate of drug-likeness (QED) is 0.274. The van der Waals surface area contributed by atoms with Gasteiger partial charge in [0, 0.05) is 16.2 Å². The third-order valence-electron chi connectivity index (χ3n) is 3.47. The van der Waals surface area contributed by atoms with E-state index in [1.54, 1.807) is 0 Å². The fourth-order valence-electron chi connectivity index (χ4n) is 2.30. The van der Waals surface area contributed by atoms with E-state index in [1.165, 1.54) is 38.5 Å². The van der Waals surface area contributed by atoms with Crippen LogP contribution in [0, 0.1) is 0 Å². The van der Waals surface area contributed by atoms with E-state index >= 15 is 0 Å². The molecule has 0 radical (unpaired) electrons. The summed E-state index contributed by atoms with van der Waals surface area (Å²) in [6, 6.07) is 6.07. The normalized spacial score (nSPS) is 12.6. The average Bonchev–Trinajstić information content (AvgIpc) is 2.41. The number of hydrogen-bond donors (Lipinski definition) is 3. The van der Waals surface area contributed by atoms with Crippen molar-refractivity contribution in [3.8, 4) is 0 Å². The molecule has 0 saturated heterocycles. The molecular weight excluding hydrogens is 302 g/mol. The van der Waals surface area contributed by atoms with E-state index in [0.717, 1.165) is 22.1 Å². The zero-order valence-electron chi connectivity index (χ0n) is 11.8. The van der Waals surface area contributed by atoms with Crippen LogP contribution in [-0.2, 0) is 0 Å². The van der Waals surface area contributed by atoms with Crippen molar-refractivity contribution in [2.45, 2.75) is 57.9 Å². The van der Waals surface area contributed by atoms with Crippen molar-refractivity contribution >= 4 is 21.6 Å². The van der Waals surface area contributed by atoms with Crippen LogP contribution in [0.15, 0.2) is 22.7 Å². The molecule has 1 rings (SSSR count). The summed E-state index contributed by atoms with van der Waals surface area (Å²) in [7, 11) is 0. The van der Waals surface area contributed by atoms with E-state index in [-0.39, 0.29) is 6.04 Å². The van der Waals surface area contributed by atoms with Gasteiger partial charge in [0.25, 0.3) is 0 Å². The molecule has 0 saturated carbocycles. The Balaban J connectivity index is 2.42. The van der Waals surface area contributed by atoms with Gasteiger partial charge in [-0.25, -0.2) is 0 Å². The van der Waals surface area contributed by atoms with Crippen LogP contribution in [0.25, 0.3) is 0 Å². The summed E-state index contributed by atoms with van der Waals surface area (Å²) in [6.07, 6.45) is 8.79. The Labute approximate surface area is 125 Å². The number of nitrogens with two attached hydrogens (primary N) is 2. The topological polar surface area (TPSA) is 64.1 Å². The maximum absolute atomic E-state index is 6.02. The molecule has 1 aromatic rings. The van der Waals surface area contributed by atoms with Crippen LogP contribution in [0.5, 0.6) is 0 Å². The minimum atomic E-state index is 0.142. The third-order valence-corrected chi connectivity index (χ3v) is 3.97. The number of nitrogens with one attached hydrogen (secondary N) is 1. The highest BCUT2D eigenvalue weighted by Gasteiger charge is 2.12. The minimum absolute atomic E-state index is 0.142. The molecule has 3 nitrogen and oxygen atoms in total. The van der Waals surface area contributed by atoms with Crippen molar-refractivity contribution in [2.75, 3.05) is 5.73 Å². The summed E-state index contributed by atoms with van der Waals surface area (Å²) >= 11 is 3.48. The number of benzene rings is 1. The molecular formula is C15H26BrN3. The van der Waals surface area contributed by atoms with Crippen molar-refractivity contribution in [2.24, 2.45) is 5.84 Å². The fourth-order valence-corrected chi connectivity index (χ4v) is 2.68. The van der Waals surface area contributed by atoms with Crippen LogP contribution in [-0.4, -0.2) is 0 Å². The molecule has 5 N–H and O–H groups in total. The van der Waals surface area contributed by atoms with Crippen molar-refractivity contribution < 1.29 is 0 Å². The van der Waals surface area contributed by atoms with Crippen LogP contribution in [0.4, 0.5) is 5.69 Å². The molecule has 19 heavy (non-hydrogen) atoms. The molecule has 108 valence electrons. The van der Waals surface area contributed by atoms with Gasteiger partial charge in [0.05, 0.1) is 0 Å². The highest BCUT2D eigenvalue weighted by atomic mass is 79.9. The number of unbranched alkanes of at least 4 members (excludes halogenated alkanes) is 5. The van der Waals surface area contributed by atoms with Gasteiger partial charge in [-0.05, 0) is 30.2 Å². The van der Waals surface area contributed by atoms with E-state index in [0.29, 0.717) is 0 Å². The summed E-state index contributed by atoms with van der Waals surface area (Å²) in [4.78, 5) is 0. The average molecular weight is 328 g/mol. The van der Waals surface area contributed by atoms with E-state index in [4.69, 9.17) is 11.6 Å². The SMILES string of the molecule is CCCCCCCCC(NN)c1cc(Br)ccc1N. The lowest BCUT2D eigenvalue weighted by Gasteiger charge is -2.18. The number of nitrogen functional groups attached to an aromatic ring is 1. The zero-order chi connectivity index (χ0) is 14.1. The Morgan fingerprint density at radius 2 is 1.84 bits per heavy atom. The van der Waals surface area contributed by atoms with Gasteiger partial charge in [-0.3, -0.25) is 11.3 Å². The Bertz CT molecular complexity index is 368. The molecule has 0 bridgehead atoms. The highest BCUT2D eigenvalue weighted by molar-refractivity contribution is 9.10. The second-order valence-electron chi connectivity index (χ2n) is 5.05. The van der Waals surface area contributed by atoms with E-state index in [9.17, 15) is 0 Å². The van der Waals surface area contributed by atoms with Gasteiger partial charge in [0.15, 0.2) is 0 Å². The second-order valence-corrected chi connectivity index (χ2v) is 5.96. The molecule has 0 aliphatic carbocycles. The molecule has 1 unspecified atom stereocenters. The van der Waals surface area contributed by atoms with E-state index in [2.05, 4.69) is 34.3 Å². The van der Waals surface area contributed by atoms with Crippen LogP contribution in [0.1, 0.15) is 63.5 Å². The van der Waals surface area contributed by atoms with Crippen LogP contribution >= 0.6 is 15.9 Å². The van der Waals surface area contributed by atoms with Crippen LogP contribution < -0.4 is 17.0 Å². The third kappa shape index (κ3) is 5.93. The Morgan fingerprint density at radius 3 is 2.53 bits per heavy atom. The molecule has 0 aromatic heterocycles. The van der Waals surface area contributed by atoms with Crippen molar-refractivity contribution in [1.29, 1.82) is 0 Å². The van der Waals surface area contributed by atoms with E-state index < -0.39 is 0 Å². The van der Waals surface area contributed by atoms with Crippen molar-refractivity contribution in [1.82, 2.24) is 5.43 Å². The molecule has 0 aliphatic heterocycles. The number of hydrogen-bond acceptors (Lipinski definition) is 3. The maximum atomic E-state index is 6.02. The summed E-state index contributed by atoms with van der Waals surface area (Å²) in [6.45, 7) is 2.24. The number of rotatable bonds is 9. The lowest BCUT2D eigenvalue weighted by Crippen LogP contribution is -2.28. The molecule has 1 aromatic carbocycles. The Hall–Kier alpha value is -0.580. The summed E-state index contributed by atoms with van der Waals surface area (Å²) in [5, 5.41) is 0. The van der Waals surface area contributed by atoms with Gasteiger partial charge in [0.2, 0.25) is 0 Å². The molecule has 4 heteroatoms. The summed E-state index contributed by atoms with van der Waals surface area (Å²) < 4.78 is 1.04. The molecule has 0 amide bonds. The number of halogens is 1. The molecule has 0 heterocycles. The molecule has 0 fully saturated rings. The predicted molar refractivity (Wildman–Crippen MR) is 86.6 cm³/mol. The van der Waals surface area contributed by atoms with Gasteiger partial charge in [0.1, 0.15) is 0 Å². The molecule has 1 atom stereocenters. The first-order chi connectivity index (χ1) is 9.19. The summed E-state index contributed by atoms with van der Waals surface area (Å²) in [5.41, 5.74) is 10.8. The molecule has 0 spiro atoms. The Kier molecular flexibility index (Phi) is 8.10. The van der Waals surface area contributed by atoms with Gasteiger partial charge in [-0.1, -0.05) is 61.4 Å². The lowest BCUT2D eigenvalue weighted by molar-refractivity contribution is 0.478. The van der Waals surface area contributed by atoms with Gasteiger partial charge in [-0.2, -0.15) is 0 Å². The fraction of sp³-hybridized carbons (Fsp3) is 0.600. The second kappa shape index (κ2) is 9.34. The van der Waals surface area contributed by atoms with Gasteiger partial charge < -0.3 is 5.73 Å². The maximum Gasteiger partial charge on any atom is 0.0480 e. The largest absolute Gasteiger partial charge is 0.398 e. The van der Waals surface area contributed by atoms with Crippen LogP contribution in [0.3, 0.4) is 0 Å². The first kappa shape index (κ1) is 16.5. The summed E-state index contributed by atoms with van der Waals surface area (Å²) in [5.74, 6) is 5.67. The molecule has 0 aliphatic rings. The van der Waals surface area contributed by atoms with Crippen LogP contribution in [0.2, 0.25) is 0 Å². The monoisotopic (exact) mass is 327 g/mol. The smallest absolute Gasteiger partial charge is 0.0480 e. The zero-order valence-corrected chi connectivity index (χ0v) is 13.4. The predicted octanol–water partition coefficient (Wildman–Crippen LogP) is 4.29. The van der Waals surface area contributed by atoms with Crippen molar-refractivity contribution in [3.63, 3.8) is 0 Å².